The van der Waals surface area contributed by atoms with Crippen LogP contribution in [0.15, 0.2) is 152 Å². The molecule has 0 bridgehead atoms. The first kappa shape index (κ1) is 24.8. The molecule has 0 atom stereocenters. The van der Waals surface area contributed by atoms with E-state index in [1.54, 1.807) is 0 Å². The van der Waals surface area contributed by atoms with Gasteiger partial charge in [-0.15, -0.1) is 0 Å². The molecule has 0 N–H and O–H groups in total. The Kier molecular flexibility index (Phi) is 4.78. The van der Waals surface area contributed by atoms with Crippen LogP contribution in [0.25, 0.3) is 93.3 Å². The maximum Gasteiger partial charge on any atom is 0.147 e. The van der Waals surface area contributed by atoms with Crippen LogP contribution in [-0.4, -0.2) is 23.5 Å². The highest BCUT2D eigenvalue weighted by molar-refractivity contribution is 6.34. The first-order valence-electron chi connectivity index (χ1n) is 15.9. The molecule has 6 aromatic carbocycles. The van der Waals surface area contributed by atoms with Crippen molar-refractivity contribution in [1.29, 1.82) is 0 Å². The fourth-order valence-electron chi connectivity index (χ4n) is 8.03. The van der Waals surface area contributed by atoms with Crippen LogP contribution in [0.4, 0.5) is 0 Å². The second-order valence-corrected chi connectivity index (χ2v) is 12.2. The Balaban J connectivity index is 1.45. The predicted molar refractivity (Wildman–Crippen MR) is 194 cm³/mol. The number of hydrogen-bond donors (Lipinski definition) is 0. The normalized spacial score (nSPS) is 12.3. The summed E-state index contributed by atoms with van der Waals surface area (Å²) in [4.78, 5) is 9.86. The van der Waals surface area contributed by atoms with Gasteiger partial charge in [-0.3, -0.25) is 9.38 Å². The molecule has 0 fully saturated rings. The van der Waals surface area contributed by atoms with Crippen molar-refractivity contribution < 1.29 is 0 Å². The van der Waals surface area contributed by atoms with E-state index in [1.807, 2.05) is 12.4 Å². The van der Waals surface area contributed by atoms with Crippen molar-refractivity contribution in [2.24, 2.45) is 0 Å². The van der Waals surface area contributed by atoms with Crippen LogP contribution in [0.1, 0.15) is 0 Å². The molecule has 47 heavy (non-hydrogen) atoms. The monoisotopic (exact) mass is 599 g/mol. The first-order valence-corrected chi connectivity index (χ1v) is 15.9. The Morgan fingerprint density at radius 1 is 0.404 bits per heavy atom. The summed E-state index contributed by atoms with van der Waals surface area (Å²) in [6, 6.07) is 50.0. The van der Waals surface area contributed by atoms with E-state index < -0.39 is 0 Å². The SMILES string of the molecule is c1ccc(-n2c3ccccc3c3c2ccc2c4c5c(ccc4n(-c4ccccc4)c23)c2ccncc2n2c3ccccc3nc52)cc1. The maximum absolute atomic E-state index is 5.31. The molecule has 5 aromatic heterocycles. The predicted octanol–water partition coefficient (Wildman–Crippen LogP) is 10.4. The molecule has 218 valence electrons. The first-order chi connectivity index (χ1) is 23.4. The standard InChI is InChI=1S/C42H25N5/c1-3-11-26(12-4-1)45-33-17-9-7-15-30(33)39-36(45)22-20-31-38-35(46(41(31)39)27-13-5-2-6-14-27)21-19-29-28-23-24-43-25-37(28)47-34-18-10-8-16-32(34)44-42(47)40(29)38/h1-25H. The second kappa shape index (κ2) is 9.05. The third kappa shape index (κ3) is 3.17. The van der Waals surface area contributed by atoms with E-state index in [1.165, 1.54) is 43.5 Å². The molecule has 5 nitrogen and oxygen atoms in total. The number of hydrogen-bond acceptors (Lipinski definition) is 2. The van der Waals surface area contributed by atoms with Gasteiger partial charge in [0.1, 0.15) is 5.65 Å². The number of fused-ring (bicyclic) bond motifs is 16. The average molecular weight is 600 g/mol. The largest absolute Gasteiger partial charge is 0.309 e. The zero-order chi connectivity index (χ0) is 30.6. The third-order valence-electron chi connectivity index (χ3n) is 9.87. The number of pyridine rings is 2. The minimum atomic E-state index is 0.950. The molecule has 0 amide bonds. The highest BCUT2D eigenvalue weighted by Crippen LogP contribution is 2.45. The van der Waals surface area contributed by atoms with Crippen LogP contribution in [0.3, 0.4) is 0 Å². The van der Waals surface area contributed by atoms with Gasteiger partial charge < -0.3 is 9.13 Å². The molecule has 0 aliphatic carbocycles. The molecule has 0 aliphatic rings. The van der Waals surface area contributed by atoms with Crippen LogP contribution in [0.2, 0.25) is 0 Å². The van der Waals surface area contributed by atoms with E-state index in [4.69, 9.17) is 4.98 Å². The zero-order valence-corrected chi connectivity index (χ0v) is 25.2. The number of benzene rings is 6. The van der Waals surface area contributed by atoms with E-state index in [9.17, 15) is 0 Å². The van der Waals surface area contributed by atoms with E-state index in [0.29, 0.717) is 0 Å². The van der Waals surface area contributed by atoms with Crippen molar-refractivity contribution in [3.63, 3.8) is 0 Å². The Morgan fingerprint density at radius 2 is 1.06 bits per heavy atom. The van der Waals surface area contributed by atoms with Gasteiger partial charge in [0.2, 0.25) is 0 Å². The van der Waals surface area contributed by atoms with Gasteiger partial charge in [0.15, 0.2) is 0 Å². The summed E-state index contributed by atoms with van der Waals surface area (Å²) in [5.74, 6) is 0. The van der Waals surface area contributed by atoms with Crippen LogP contribution >= 0.6 is 0 Å². The Labute approximate surface area is 268 Å². The van der Waals surface area contributed by atoms with Gasteiger partial charge in [-0.2, -0.15) is 0 Å². The molecular weight excluding hydrogens is 574 g/mol. The Morgan fingerprint density at radius 3 is 1.87 bits per heavy atom. The molecule has 0 radical (unpaired) electrons. The van der Waals surface area contributed by atoms with Gasteiger partial charge in [0.05, 0.1) is 44.8 Å². The molecule has 11 aromatic rings. The molecule has 0 aliphatic heterocycles. The molecule has 11 rings (SSSR count). The van der Waals surface area contributed by atoms with Crippen molar-refractivity contribution in [2.45, 2.75) is 0 Å². The van der Waals surface area contributed by atoms with E-state index in [2.05, 4.69) is 158 Å². The van der Waals surface area contributed by atoms with E-state index in [0.717, 1.165) is 49.9 Å². The van der Waals surface area contributed by atoms with Crippen LogP contribution < -0.4 is 0 Å². The summed E-state index contributed by atoms with van der Waals surface area (Å²) < 4.78 is 7.16. The fraction of sp³-hybridized carbons (Fsp3) is 0. The third-order valence-corrected chi connectivity index (χ3v) is 9.87. The number of rotatable bonds is 2. The smallest absolute Gasteiger partial charge is 0.147 e. The summed E-state index contributed by atoms with van der Waals surface area (Å²) in [6.07, 6.45) is 3.86. The Hall–Kier alpha value is -6.46. The zero-order valence-electron chi connectivity index (χ0n) is 25.2. The van der Waals surface area contributed by atoms with Gasteiger partial charge in [-0.1, -0.05) is 78.9 Å². The molecule has 0 saturated carbocycles. The van der Waals surface area contributed by atoms with Crippen molar-refractivity contribution >= 4 is 82.0 Å². The Bertz CT molecular complexity index is 3060. The lowest BCUT2D eigenvalue weighted by Crippen LogP contribution is -1.95. The summed E-state index contributed by atoms with van der Waals surface area (Å²) in [5.41, 5.74) is 11.1. The van der Waals surface area contributed by atoms with Gasteiger partial charge in [0, 0.05) is 49.9 Å². The maximum atomic E-state index is 5.31. The summed E-state index contributed by atoms with van der Waals surface area (Å²) in [7, 11) is 0. The van der Waals surface area contributed by atoms with Gasteiger partial charge in [-0.05, 0) is 66.0 Å². The summed E-state index contributed by atoms with van der Waals surface area (Å²) >= 11 is 0. The number of aromatic nitrogens is 5. The molecule has 5 heteroatoms. The minimum Gasteiger partial charge on any atom is -0.309 e. The molecule has 0 spiro atoms. The van der Waals surface area contributed by atoms with Crippen molar-refractivity contribution in [3.05, 3.63) is 152 Å². The van der Waals surface area contributed by atoms with Crippen molar-refractivity contribution in [1.82, 2.24) is 23.5 Å². The molecular formula is C42H25N5. The van der Waals surface area contributed by atoms with Gasteiger partial charge in [-0.25, -0.2) is 4.98 Å². The topological polar surface area (TPSA) is 40.0 Å². The fourth-order valence-corrected chi connectivity index (χ4v) is 8.03. The lowest BCUT2D eigenvalue weighted by molar-refractivity contribution is 1.17. The lowest BCUT2D eigenvalue weighted by atomic mass is 10.0. The van der Waals surface area contributed by atoms with Gasteiger partial charge >= 0.3 is 0 Å². The number of imidazole rings is 1. The van der Waals surface area contributed by atoms with Crippen molar-refractivity contribution in [3.8, 4) is 11.4 Å². The quantitative estimate of drug-likeness (QED) is 0.186. The van der Waals surface area contributed by atoms with Gasteiger partial charge in [0.25, 0.3) is 0 Å². The van der Waals surface area contributed by atoms with Crippen molar-refractivity contribution in [2.75, 3.05) is 0 Å². The average Bonchev–Trinajstić information content (AvgIpc) is 3.80. The van der Waals surface area contributed by atoms with E-state index >= 15 is 0 Å². The summed E-state index contributed by atoms with van der Waals surface area (Å²) in [6.45, 7) is 0. The second-order valence-electron chi connectivity index (χ2n) is 12.2. The van der Waals surface area contributed by atoms with Crippen LogP contribution in [-0.2, 0) is 0 Å². The van der Waals surface area contributed by atoms with E-state index in [-0.39, 0.29) is 0 Å². The molecule has 5 heterocycles. The highest BCUT2D eigenvalue weighted by atomic mass is 15.0. The van der Waals surface area contributed by atoms with Crippen LogP contribution in [0.5, 0.6) is 0 Å². The molecule has 0 saturated heterocycles. The minimum absolute atomic E-state index is 0.950. The number of para-hydroxylation sites is 5. The molecule has 0 unspecified atom stereocenters. The summed E-state index contributed by atoms with van der Waals surface area (Å²) in [5, 5.41) is 8.38. The van der Waals surface area contributed by atoms with Crippen LogP contribution in [0, 0.1) is 0 Å². The number of nitrogens with zero attached hydrogens (tertiary/aromatic N) is 5. The lowest BCUT2D eigenvalue weighted by Gasteiger charge is -2.11. The highest BCUT2D eigenvalue weighted by Gasteiger charge is 2.24.